The van der Waals surface area contributed by atoms with Crippen molar-refractivity contribution in [2.24, 2.45) is 5.92 Å². The molecule has 0 bridgehead atoms. The molecule has 3 rings (SSSR count). The molecule has 0 aromatic heterocycles. The summed E-state index contributed by atoms with van der Waals surface area (Å²) in [5.41, 5.74) is 3.35. The highest BCUT2D eigenvalue weighted by Gasteiger charge is 2.36. The second kappa shape index (κ2) is 16.3. The van der Waals surface area contributed by atoms with Crippen LogP contribution in [0.1, 0.15) is 55.2 Å². The largest absolute Gasteiger partial charge is 0.481 e. The summed E-state index contributed by atoms with van der Waals surface area (Å²) in [6.45, 7) is 0. The highest BCUT2D eigenvalue weighted by atomic mass is 32.2. The number of carboxylic acids is 3. The topological polar surface area (TPSA) is 158 Å². The standard InChI is InChI=1S/C33H35NO8S/c35-28(20-23(32(41)42)21-30(37)38)27(22-31(39)40)34-29(36)18-10-11-19-43-33(24-12-4-1-5-13-24,25-14-6-2-7-15-25)26-16-8-3-9-17-26/h1-9,12-17,23,27H,10-11,18-22H2,(H,34,36)(H,37,38)(H,39,40)(H,41,42). The zero-order chi connectivity index (χ0) is 31.2. The van der Waals surface area contributed by atoms with Gasteiger partial charge in [0, 0.05) is 12.8 Å². The molecular formula is C33H35NO8S. The molecule has 0 aliphatic carbocycles. The third kappa shape index (κ3) is 9.54. The number of unbranched alkanes of at least 4 members (excludes halogenated alkanes) is 1. The molecule has 2 unspecified atom stereocenters. The summed E-state index contributed by atoms with van der Waals surface area (Å²) >= 11 is 1.75. The van der Waals surface area contributed by atoms with Gasteiger partial charge in [0.15, 0.2) is 5.78 Å². The zero-order valence-corrected chi connectivity index (χ0v) is 24.4. The van der Waals surface area contributed by atoms with Crippen LogP contribution in [0.25, 0.3) is 0 Å². The smallest absolute Gasteiger partial charge is 0.307 e. The Hall–Kier alpha value is -4.44. The van der Waals surface area contributed by atoms with E-state index in [-0.39, 0.29) is 6.42 Å². The van der Waals surface area contributed by atoms with Gasteiger partial charge in [0.05, 0.1) is 29.5 Å². The van der Waals surface area contributed by atoms with Gasteiger partial charge in [0.2, 0.25) is 5.91 Å². The summed E-state index contributed by atoms with van der Waals surface area (Å²) in [5.74, 6) is -6.42. The van der Waals surface area contributed by atoms with Gasteiger partial charge in [-0.3, -0.25) is 24.0 Å². The lowest BCUT2D eigenvalue weighted by Crippen LogP contribution is -2.43. The van der Waals surface area contributed by atoms with E-state index in [1.54, 1.807) is 11.8 Å². The maximum atomic E-state index is 12.7. The maximum Gasteiger partial charge on any atom is 0.307 e. The van der Waals surface area contributed by atoms with E-state index in [4.69, 9.17) is 5.11 Å². The highest BCUT2D eigenvalue weighted by molar-refractivity contribution is 8.00. The number of ketones is 1. The van der Waals surface area contributed by atoms with Crippen molar-refractivity contribution in [3.05, 3.63) is 108 Å². The van der Waals surface area contributed by atoms with Crippen molar-refractivity contribution in [3.63, 3.8) is 0 Å². The second-order valence-corrected chi connectivity index (χ2v) is 11.4. The molecule has 0 aliphatic rings. The predicted octanol–water partition coefficient (Wildman–Crippen LogP) is 4.98. The van der Waals surface area contributed by atoms with Crippen LogP contribution in [0.15, 0.2) is 91.0 Å². The van der Waals surface area contributed by atoms with Gasteiger partial charge in [-0.1, -0.05) is 91.0 Å². The minimum atomic E-state index is -1.52. The molecule has 43 heavy (non-hydrogen) atoms. The van der Waals surface area contributed by atoms with Gasteiger partial charge >= 0.3 is 17.9 Å². The van der Waals surface area contributed by atoms with Crippen molar-refractivity contribution in [3.8, 4) is 0 Å². The van der Waals surface area contributed by atoms with Crippen LogP contribution in [0.2, 0.25) is 0 Å². The summed E-state index contributed by atoms with van der Waals surface area (Å²) in [6.07, 6.45) is -1.05. The van der Waals surface area contributed by atoms with E-state index < -0.39 is 65.6 Å². The van der Waals surface area contributed by atoms with E-state index in [0.717, 1.165) is 16.7 Å². The third-order valence-electron chi connectivity index (χ3n) is 6.98. The van der Waals surface area contributed by atoms with E-state index in [1.807, 2.05) is 54.6 Å². The minimum Gasteiger partial charge on any atom is -0.481 e. The Morgan fingerprint density at radius 1 is 0.651 bits per heavy atom. The fraction of sp³-hybridized carbons (Fsp3) is 0.303. The lowest BCUT2D eigenvalue weighted by atomic mass is 9.84. The van der Waals surface area contributed by atoms with Gasteiger partial charge < -0.3 is 20.6 Å². The number of Topliss-reactive ketones (excluding diaryl/α,β-unsaturated/α-hetero) is 1. The molecule has 0 aliphatic heterocycles. The number of hydrogen-bond acceptors (Lipinski definition) is 6. The summed E-state index contributed by atoms with van der Waals surface area (Å²) in [4.78, 5) is 59.0. The monoisotopic (exact) mass is 605 g/mol. The van der Waals surface area contributed by atoms with E-state index in [9.17, 15) is 34.2 Å². The zero-order valence-electron chi connectivity index (χ0n) is 23.6. The van der Waals surface area contributed by atoms with Crippen molar-refractivity contribution in [2.75, 3.05) is 5.75 Å². The highest BCUT2D eigenvalue weighted by Crippen LogP contribution is 2.48. The van der Waals surface area contributed by atoms with Crippen LogP contribution in [0.5, 0.6) is 0 Å². The van der Waals surface area contributed by atoms with E-state index in [0.29, 0.717) is 18.6 Å². The average Bonchev–Trinajstić information content (AvgIpc) is 2.99. The molecular weight excluding hydrogens is 570 g/mol. The summed E-state index contributed by atoms with van der Waals surface area (Å²) in [6, 6.07) is 29.2. The Bertz CT molecular complexity index is 1290. The number of aliphatic carboxylic acids is 3. The number of nitrogens with one attached hydrogen (secondary N) is 1. The third-order valence-corrected chi connectivity index (χ3v) is 8.61. The molecule has 1 amide bonds. The van der Waals surface area contributed by atoms with Gasteiger partial charge in [0.1, 0.15) is 0 Å². The summed E-state index contributed by atoms with van der Waals surface area (Å²) in [7, 11) is 0. The number of carbonyl (C=O) groups excluding carboxylic acids is 2. The molecule has 0 fully saturated rings. The molecule has 0 radical (unpaired) electrons. The van der Waals surface area contributed by atoms with Crippen LogP contribution in [0.4, 0.5) is 0 Å². The molecule has 4 N–H and O–H groups in total. The number of rotatable bonds is 18. The molecule has 0 spiro atoms. The van der Waals surface area contributed by atoms with Crippen LogP contribution in [-0.4, -0.2) is 56.7 Å². The molecule has 0 heterocycles. The second-order valence-electron chi connectivity index (χ2n) is 10.1. The molecule has 0 saturated heterocycles. The Morgan fingerprint density at radius 3 is 1.53 bits per heavy atom. The van der Waals surface area contributed by atoms with Crippen LogP contribution >= 0.6 is 11.8 Å². The SMILES string of the molecule is O=C(O)CC(CC(=O)C(CC(=O)O)NC(=O)CCCCSC(c1ccccc1)(c1ccccc1)c1ccccc1)C(=O)O. The van der Waals surface area contributed by atoms with Crippen LogP contribution in [0.3, 0.4) is 0 Å². The number of thioether (sulfide) groups is 1. The normalized spacial score (nSPS) is 12.6. The van der Waals surface area contributed by atoms with Crippen molar-refractivity contribution in [2.45, 2.75) is 49.3 Å². The number of amides is 1. The maximum absolute atomic E-state index is 12.7. The van der Waals surface area contributed by atoms with Crippen LogP contribution in [-0.2, 0) is 28.7 Å². The molecule has 2 atom stereocenters. The van der Waals surface area contributed by atoms with Crippen molar-refractivity contribution < 1.29 is 39.3 Å². The lowest BCUT2D eigenvalue weighted by Gasteiger charge is -2.35. The number of hydrogen-bond donors (Lipinski definition) is 4. The number of carbonyl (C=O) groups is 5. The Morgan fingerprint density at radius 2 is 1.12 bits per heavy atom. The predicted molar refractivity (Wildman–Crippen MR) is 163 cm³/mol. The Balaban J connectivity index is 1.67. The van der Waals surface area contributed by atoms with Gasteiger partial charge in [-0.25, -0.2) is 0 Å². The molecule has 9 nitrogen and oxygen atoms in total. The number of carboxylic acid groups (broad SMARTS) is 3. The number of benzene rings is 3. The first-order valence-electron chi connectivity index (χ1n) is 13.9. The first-order chi connectivity index (χ1) is 20.6. The molecule has 10 heteroatoms. The van der Waals surface area contributed by atoms with E-state index >= 15 is 0 Å². The van der Waals surface area contributed by atoms with Gasteiger partial charge in [-0.2, -0.15) is 0 Å². The van der Waals surface area contributed by atoms with Crippen molar-refractivity contribution in [1.82, 2.24) is 5.32 Å². The lowest BCUT2D eigenvalue weighted by molar-refractivity contribution is -0.150. The molecule has 3 aromatic rings. The van der Waals surface area contributed by atoms with Gasteiger partial charge in [-0.15, -0.1) is 11.8 Å². The fourth-order valence-corrected chi connectivity index (χ4v) is 6.47. The van der Waals surface area contributed by atoms with Crippen molar-refractivity contribution in [1.29, 1.82) is 0 Å². The van der Waals surface area contributed by atoms with E-state index in [2.05, 4.69) is 41.7 Å². The van der Waals surface area contributed by atoms with Crippen molar-refractivity contribution >= 4 is 41.4 Å². The minimum absolute atomic E-state index is 0.0381. The average molecular weight is 606 g/mol. The molecule has 226 valence electrons. The molecule has 0 saturated carbocycles. The van der Waals surface area contributed by atoms with Crippen LogP contribution in [0, 0.1) is 5.92 Å². The fourth-order valence-electron chi connectivity index (χ4n) is 4.91. The molecule has 3 aromatic carbocycles. The van der Waals surface area contributed by atoms with Gasteiger partial charge in [0.25, 0.3) is 0 Å². The first kappa shape index (κ1) is 33.1. The Kier molecular flexibility index (Phi) is 12.5. The summed E-state index contributed by atoms with van der Waals surface area (Å²) in [5, 5.41) is 29.8. The van der Waals surface area contributed by atoms with Crippen LogP contribution < -0.4 is 5.32 Å². The van der Waals surface area contributed by atoms with E-state index in [1.165, 1.54) is 0 Å². The first-order valence-corrected chi connectivity index (χ1v) is 14.9. The van der Waals surface area contributed by atoms with Gasteiger partial charge in [-0.05, 0) is 35.3 Å². The quantitative estimate of drug-likeness (QED) is 0.116. The summed E-state index contributed by atoms with van der Waals surface area (Å²) < 4.78 is -0.498. The Labute approximate surface area is 254 Å².